The molecule has 0 radical (unpaired) electrons. The van der Waals surface area contributed by atoms with Crippen molar-refractivity contribution in [3.8, 4) is 11.5 Å². The molecule has 2 amide bonds. The zero-order chi connectivity index (χ0) is 16.4. The lowest BCUT2D eigenvalue weighted by Gasteiger charge is -2.16. The molecular weight excluding hydrogens is 417 g/mol. The minimum Gasteiger partial charge on any atom is -0.493 e. The SMILES string of the molecule is COc1cc(I)cc(C=C2SC(=O)N(C(C)C)C2=O)c1OC. The van der Waals surface area contributed by atoms with Crippen LogP contribution in [0.5, 0.6) is 11.5 Å². The molecule has 1 aromatic rings. The van der Waals surface area contributed by atoms with Crippen molar-refractivity contribution in [3.63, 3.8) is 0 Å². The quantitative estimate of drug-likeness (QED) is 0.535. The van der Waals surface area contributed by atoms with Crippen LogP contribution in [0.25, 0.3) is 6.08 Å². The number of benzene rings is 1. The summed E-state index contributed by atoms with van der Waals surface area (Å²) in [5.74, 6) is 0.855. The first kappa shape index (κ1) is 17.1. The predicted molar refractivity (Wildman–Crippen MR) is 95.2 cm³/mol. The molecule has 0 bridgehead atoms. The van der Waals surface area contributed by atoms with Gasteiger partial charge in [-0.3, -0.25) is 14.5 Å². The highest BCUT2D eigenvalue weighted by Crippen LogP contribution is 2.38. The first-order valence-electron chi connectivity index (χ1n) is 6.57. The van der Waals surface area contributed by atoms with Crippen LogP contribution < -0.4 is 9.47 Å². The largest absolute Gasteiger partial charge is 0.493 e. The molecule has 7 heteroatoms. The molecule has 1 aliphatic rings. The molecule has 1 fully saturated rings. The molecule has 0 aromatic heterocycles. The topological polar surface area (TPSA) is 55.8 Å². The van der Waals surface area contributed by atoms with Gasteiger partial charge in [-0.15, -0.1) is 0 Å². The van der Waals surface area contributed by atoms with E-state index in [0.717, 1.165) is 15.3 Å². The summed E-state index contributed by atoms with van der Waals surface area (Å²) in [6, 6.07) is 3.56. The Morgan fingerprint density at radius 1 is 1.23 bits per heavy atom. The lowest BCUT2D eigenvalue weighted by Crippen LogP contribution is -2.34. The highest BCUT2D eigenvalue weighted by atomic mass is 127. The Hall–Kier alpha value is -1.22. The third kappa shape index (κ3) is 3.24. The fraction of sp³-hybridized carbons (Fsp3) is 0.333. The molecule has 0 N–H and O–H groups in total. The van der Waals surface area contributed by atoms with Gasteiger partial charge >= 0.3 is 0 Å². The molecule has 0 atom stereocenters. The Bertz CT molecular complexity index is 657. The molecule has 2 rings (SSSR count). The van der Waals surface area contributed by atoms with Crippen molar-refractivity contribution in [1.82, 2.24) is 4.90 Å². The molecule has 5 nitrogen and oxygen atoms in total. The van der Waals surface area contributed by atoms with E-state index < -0.39 is 0 Å². The minimum atomic E-state index is -0.273. The Morgan fingerprint density at radius 2 is 1.91 bits per heavy atom. The summed E-state index contributed by atoms with van der Waals surface area (Å²) in [6.45, 7) is 3.63. The number of carbonyl (C=O) groups excluding carboxylic acids is 2. The second kappa shape index (κ2) is 6.91. The van der Waals surface area contributed by atoms with Gasteiger partial charge < -0.3 is 9.47 Å². The molecule has 1 aliphatic heterocycles. The number of ether oxygens (including phenoxy) is 2. The van der Waals surface area contributed by atoms with Crippen molar-refractivity contribution >= 4 is 51.6 Å². The van der Waals surface area contributed by atoms with Crippen molar-refractivity contribution in [1.29, 1.82) is 0 Å². The molecule has 0 unspecified atom stereocenters. The van der Waals surface area contributed by atoms with E-state index >= 15 is 0 Å². The summed E-state index contributed by atoms with van der Waals surface area (Å²) in [4.78, 5) is 25.9. The van der Waals surface area contributed by atoms with Crippen molar-refractivity contribution in [3.05, 3.63) is 26.2 Å². The standard InChI is InChI=1S/C15H16INO4S/c1-8(2)17-14(18)12(22-15(17)19)6-9-5-10(16)7-11(20-3)13(9)21-4/h5-8H,1-4H3. The van der Waals surface area contributed by atoms with Gasteiger partial charge in [-0.05, 0) is 66.4 Å². The van der Waals surface area contributed by atoms with E-state index in [1.807, 2.05) is 26.0 Å². The zero-order valence-electron chi connectivity index (χ0n) is 12.7. The number of amides is 2. The first-order valence-corrected chi connectivity index (χ1v) is 8.47. The Morgan fingerprint density at radius 3 is 2.41 bits per heavy atom. The van der Waals surface area contributed by atoms with Crippen molar-refractivity contribution in [2.75, 3.05) is 14.2 Å². The van der Waals surface area contributed by atoms with Crippen LogP contribution in [0.2, 0.25) is 0 Å². The molecule has 0 aliphatic carbocycles. The lowest BCUT2D eigenvalue weighted by molar-refractivity contribution is -0.123. The number of halogens is 1. The molecule has 118 valence electrons. The van der Waals surface area contributed by atoms with Crippen LogP contribution in [0.1, 0.15) is 19.4 Å². The summed E-state index contributed by atoms with van der Waals surface area (Å²) < 4.78 is 11.6. The average Bonchev–Trinajstić information content (AvgIpc) is 2.72. The second-order valence-electron chi connectivity index (χ2n) is 4.88. The summed E-state index contributed by atoms with van der Waals surface area (Å²) in [6.07, 6.45) is 1.68. The van der Waals surface area contributed by atoms with Crippen LogP contribution in [0.4, 0.5) is 4.79 Å². The van der Waals surface area contributed by atoms with E-state index in [0.29, 0.717) is 22.0 Å². The van der Waals surface area contributed by atoms with Gasteiger partial charge in [-0.2, -0.15) is 0 Å². The van der Waals surface area contributed by atoms with Gasteiger partial charge in [0.15, 0.2) is 11.5 Å². The number of carbonyl (C=O) groups is 2. The van der Waals surface area contributed by atoms with Crippen LogP contribution in [0.3, 0.4) is 0 Å². The highest BCUT2D eigenvalue weighted by Gasteiger charge is 2.36. The number of nitrogens with zero attached hydrogens (tertiary/aromatic N) is 1. The van der Waals surface area contributed by atoms with Gasteiger partial charge in [0.2, 0.25) is 0 Å². The Balaban J connectivity index is 2.48. The van der Waals surface area contributed by atoms with Crippen molar-refractivity contribution in [2.45, 2.75) is 19.9 Å². The van der Waals surface area contributed by atoms with Crippen LogP contribution >= 0.6 is 34.4 Å². The summed E-state index contributed by atoms with van der Waals surface area (Å²) >= 11 is 3.11. The predicted octanol–water partition coefficient (Wildman–Crippen LogP) is 3.75. The third-order valence-corrected chi connectivity index (χ3v) is 4.61. The van der Waals surface area contributed by atoms with E-state index in [-0.39, 0.29) is 17.2 Å². The van der Waals surface area contributed by atoms with Gasteiger partial charge in [-0.25, -0.2) is 0 Å². The summed E-state index contributed by atoms with van der Waals surface area (Å²) in [7, 11) is 3.10. The van der Waals surface area contributed by atoms with Crippen molar-refractivity contribution < 1.29 is 19.1 Å². The van der Waals surface area contributed by atoms with E-state index in [2.05, 4.69) is 22.6 Å². The maximum atomic E-state index is 12.3. The van der Waals surface area contributed by atoms with E-state index in [1.54, 1.807) is 20.3 Å². The summed E-state index contributed by atoms with van der Waals surface area (Å²) in [5.41, 5.74) is 0.709. The fourth-order valence-electron chi connectivity index (χ4n) is 2.13. The summed E-state index contributed by atoms with van der Waals surface area (Å²) in [5, 5.41) is -0.247. The van der Waals surface area contributed by atoms with Gasteiger partial charge in [0, 0.05) is 15.2 Å². The molecule has 0 spiro atoms. The smallest absolute Gasteiger partial charge is 0.293 e. The molecule has 1 aromatic carbocycles. The van der Waals surface area contributed by atoms with Crippen LogP contribution in [0, 0.1) is 3.57 Å². The van der Waals surface area contributed by atoms with E-state index in [4.69, 9.17) is 9.47 Å². The third-order valence-electron chi connectivity index (χ3n) is 3.10. The van der Waals surface area contributed by atoms with Crippen LogP contribution in [-0.2, 0) is 4.79 Å². The molecular formula is C15H16INO4S. The monoisotopic (exact) mass is 433 g/mol. The number of hydrogen-bond donors (Lipinski definition) is 0. The van der Waals surface area contributed by atoms with Crippen LogP contribution in [0.15, 0.2) is 17.0 Å². The Kier molecular flexibility index (Phi) is 5.38. The van der Waals surface area contributed by atoms with Gasteiger partial charge in [0.05, 0.1) is 19.1 Å². The first-order chi connectivity index (χ1) is 10.4. The number of hydrogen-bond acceptors (Lipinski definition) is 5. The number of thioether (sulfide) groups is 1. The second-order valence-corrected chi connectivity index (χ2v) is 7.11. The fourth-order valence-corrected chi connectivity index (χ4v) is 3.70. The lowest BCUT2D eigenvalue weighted by atomic mass is 10.1. The van der Waals surface area contributed by atoms with E-state index in [1.165, 1.54) is 4.90 Å². The zero-order valence-corrected chi connectivity index (χ0v) is 15.6. The number of rotatable bonds is 4. The Labute approximate surface area is 147 Å². The normalized spacial score (nSPS) is 16.8. The van der Waals surface area contributed by atoms with Crippen molar-refractivity contribution in [2.24, 2.45) is 0 Å². The maximum Gasteiger partial charge on any atom is 0.293 e. The molecule has 22 heavy (non-hydrogen) atoms. The number of methoxy groups -OCH3 is 2. The number of imide groups is 1. The highest BCUT2D eigenvalue weighted by molar-refractivity contribution is 14.1. The van der Waals surface area contributed by atoms with Gasteiger partial charge in [-0.1, -0.05) is 0 Å². The molecule has 0 saturated carbocycles. The molecule has 1 saturated heterocycles. The van der Waals surface area contributed by atoms with Crippen LogP contribution in [-0.4, -0.2) is 36.3 Å². The molecule has 1 heterocycles. The maximum absolute atomic E-state index is 12.3. The minimum absolute atomic E-state index is 0.161. The van der Waals surface area contributed by atoms with Gasteiger partial charge in [0.1, 0.15) is 0 Å². The van der Waals surface area contributed by atoms with E-state index in [9.17, 15) is 9.59 Å². The van der Waals surface area contributed by atoms with Gasteiger partial charge in [0.25, 0.3) is 11.1 Å². The average molecular weight is 433 g/mol.